The average molecular weight is 131 g/mol. The second kappa shape index (κ2) is 2.91. The van der Waals surface area contributed by atoms with Gasteiger partial charge in [-0.2, -0.15) is 0 Å². The van der Waals surface area contributed by atoms with Crippen molar-refractivity contribution in [1.82, 2.24) is 0 Å². The molecule has 0 spiro atoms. The van der Waals surface area contributed by atoms with E-state index in [1.165, 1.54) is 0 Å². The van der Waals surface area contributed by atoms with Crippen LogP contribution in [0, 0.1) is 0 Å². The summed E-state index contributed by atoms with van der Waals surface area (Å²) < 4.78 is 0. The van der Waals surface area contributed by atoms with E-state index in [2.05, 4.69) is 0 Å². The number of nitrogens with two attached hydrogens (primary N) is 3. The third kappa shape index (κ3) is 5.42. The Kier molecular flexibility index (Phi) is 2.76. The normalized spacial score (nSPS) is 15.1. The molecule has 0 aromatic heterocycles. The predicted molar refractivity (Wildman–Crippen MR) is 35.4 cm³/mol. The molecule has 0 aromatic rings. The van der Waals surface area contributed by atoms with E-state index in [1.807, 2.05) is 0 Å². The first kappa shape index (κ1) is 8.55. The van der Waals surface area contributed by atoms with Crippen LogP contribution in [0.5, 0.6) is 0 Å². The second-order valence-corrected chi connectivity index (χ2v) is 2.51. The molecule has 0 bridgehead atoms. The van der Waals surface area contributed by atoms with Crippen molar-refractivity contribution < 1.29 is 4.79 Å². The maximum atomic E-state index is 9.95. The van der Waals surface area contributed by atoms with E-state index in [0.29, 0.717) is 12.7 Å². The predicted octanol–water partition coefficient (Wildman–Crippen LogP) is -1.46. The maximum Gasteiger partial charge on any atom is 0.136 e. The molecule has 6 N–H and O–H groups in total. The maximum absolute atomic E-state index is 9.95. The van der Waals surface area contributed by atoms with E-state index in [4.69, 9.17) is 17.2 Å². The summed E-state index contributed by atoms with van der Waals surface area (Å²) in [7, 11) is 0. The number of hydrogen-bond donors (Lipinski definition) is 3. The molecule has 0 aliphatic carbocycles. The van der Waals surface area contributed by atoms with Crippen molar-refractivity contribution in [2.75, 3.05) is 0 Å². The first-order chi connectivity index (χ1) is 3.95. The van der Waals surface area contributed by atoms with Crippen molar-refractivity contribution >= 4 is 6.29 Å². The number of hydrogen-bond acceptors (Lipinski definition) is 4. The molecular formula is C5H13N3O. The minimum Gasteiger partial charge on any atom is -0.322 e. The van der Waals surface area contributed by atoms with Gasteiger partial charge in [-0.3, -0.25) is 0 Å². The molecule has 0 radical (unpaired) electrons. The van der Waals surface area contributed by atoms with Crippen molar-refractivity contribution in [2.24, 2.45) is 17.2 Å². The molecule has 1 unspecified atom stereocenters. The molecule has 0 aliphatic rings. The van der Waals surface area contributed by atoms with Crippen molar-refractivity contribution in [2.45, 2.75) is 25.0 Å². The van der Waals surface area contributed by atoms with Crippen LogP contribution in [0.2, 0.25) is 0 Å². The molecule has 0 rings (SSSR count). The van der Waals surface area contributed by atoms with Crippen molar-refractivity contribution in [1.29, 1.82) is 0 Å². The van der Waals surface area contributed by atoms with E-state index in [1.54, 1.807) is 6.92 Å². The lowest BCUT2D eigenvalue weighted by atomic mass is 10.1. The van der Waals surface area contributed by atoms with Gasteiger partial charge in [0.2, 0.25) is 0 Å². The zero-order chi connectivity index (χ0) is 7.49. The van der Waals surface area contributed by atoms with Gasteiger partial charge in [-0.05, 0) is 13.3 Å². The SMILES string of the molecule is CC(N)(N)CC(N)C=O. The van der Waals surface area contributed by atoms with Gasteiger partial charge in [0.1, 0.15) is 6.29 Å². The highest BCUT2D eigenvalue weighted by atomic mass is 16.1. The molecule has 4 heteroatoms. The summed E-state index contributed by atoms with van der Waals surface area (Å²) in [5.74, 6) is 0. The molecule has 0 saturated heterocycles. The van der Waals surface area contributed by atoms with Gasteiger partial charge in [-0.15, -0.1) is 0 Å². The standard InChI is InChI=1S/C5H13N3O/c1-5(7,8)2-4(6)3-9/h3-4H,2,6-8H2,1H3. The summed E-state index contributed by atoms with van der Waals surface area (Å²) in [5, 5.41) is 0. The molecule has 0 aromatic carbocycles. The molecule has 0 saturated carbocycles. The average Bonchev–Trinajstić information content (AvgIpc) is 1.62. The largest absolute Gasteiger partial charge is 0.322 e. The van der Waals surface area contributed by atoms with Crippen LogP contribution in [0.1, 0.15) is 13.3 Å². The summed E-state index contributed by atoms with van der Waals surface area (Å²) in [4.78, 5) is 9.95. The minimum atomic E-state index is -0.833. The molecule has 54 valence electrons. The van der Waals surface area contributed by atoms with E-state index in [-0.39, 0.29) is 0 Å². The fourth-order valence-corrected chi connectivity index (χ4v) is 0.556. The van der Waals surface area contributed by atoms with E-state index < -0.39 is 11.7 Å². The fourth-order valence-electron chi connectivity index (χ4n) is 0.556. The summed E-state index contributed by atoms with van der Waals surface area (Å²) in [6.45, 7) is 1.62. The van der Waals surface area contributed by atoms with Crippen molar-refractivity contribution in [3.8, 4) is 0 Å². The zero-order valence-electron chi connectivity index (χ0n) is 5.50. The molecule has 0 fully saturated rings. The molecule has 0 aliphatic heterocycles. The Morgan fingerprint density at radius 1 is 1.67 bits per heavy atom. The summed E-state index contributed by atoms with van der Waals surface area (Å²) in [6, 6.07) is -0.537. The van der Waals surface area contributed by atoms with Crippen LogP contribution in [0.3, 0.4) is 0 Å². The number of carbonyl (C=O) groups excluding carboxylic acids is 1. The topological polar surface area (TPSA) is 95.1 Å². The van der Waals surface area contributed by atoms with E-state index in [9.17, 15) is 4.79 Å². The first-order valence-electron chi connectivity index (χ1n) is 2.74. The smallest absolute Gasteiger partial charge is 0.136 e. The number of aldehydes is 1. The lowest BCUT2D eigenvalue weighted by Crippen LogP contribution is -2.50. The summed E-state index contributed by atoms with van der Waals surface area (Å²) in [5.41, 5.74) is 15.1. The molecule has 9 heavy (non-hydrogen) atoms. The number of carbonyl (C=O) groups is 1. The van der Waals surface area contributed by atoms with Crippen LogP contribution in [-0.2, 0) is 4.79 Å². The van der Waals surface area contributed by atoms with Crippen molar-refractivity contribution in [3.63, 3.8) is 0 Å². The van der Waals surface area contributed by atoms with Gasteiger partial charge in [-0.1, -0.05) is 0 Å². The van der Waals surface area contributed by atoms with Gasteiger partial charge in [0, 0.05) is 0 Å². The number of rotatable bonds is 3. The third-order valence-electron chi connectivity index (χ3n) is 0.850. The Morgan fingerprint density at radius 2 is 2.11 bits per heavy atom. The molecule has 4 nitrogen and oxygen atoms in total. The zero-order valence-corrected chi connectivity index (χ0v) is 5.50. The van der Waals surface area contributed by atoms with Gasteiger partial charge in [0.25, 0.3) is 0 Å². The van der Waals surface area contributed by atoms with E-state index in [0.717, 1.165) is 0 Å². The van der Waals surface area contributed by atoms with Gasteiger partial charge in [0.05, 0.1) is 11.7 Å². The quantitative estimate of drug-likeness (QED) is 0.322. The van der Waals surface area contributed by atoms with E-state index >= 15 is 0 Å². The third-order valence-corrected chi connectivity index (χ3v) is 0.850. The second-order valence-electron chi connectivity index (χ2n) is 2.51. The van der Waals surface area contributed by atoms with Gasteiger partial charge >= 0.3 is 0 Å². The minimum absolute atomic E-state index is 0.316. The first-order valence-corrected chi connectivity index (χ1v) is 2.74. The Balaban J connectivity index is 3.59. The van der Waals surface area contributed by atoms with Crippen LogP contribution in [0.25, 0.3) is 0 Å². The lowest BCUT2D eigenvalue weighted by Gasteiger charge is -2.19. The highest BCUT2D eigenvalue weighted by Crippen LogP contribution is 1.96. The monoisotopic (exact) mass is 131 g/mol. The Hall–Kier alpha value is -0.450. The molecule has 0 heterocycles. The highest BCUT2D eigenvalue weighted by Gasteiger charge is 2.14. The van der Waals surface area contributed by atoms with Crippen LogP contribution in [0.4, 0.5) is 0 Å². The fraction of sp³-hybridized carbons (Fsp3) is 0.800. The van der Waals surface area contributed by atoms with Crippen molar-refractivity contribution in [3.05, 3.63) is 0 Å². The highest BCUT2D eigenvalue weighted by molar-refractivity contribution is 5.57. The van der Waals surface area contributed by atoms with Crippen LogP contribution < -0.4 is 17.2 Å². The molecular weight excluding hydrogens is 118 g/mol. The van der Waals surface area contributed by atoms with Gasteiger partial charge in [0.15, 0.2) is 0 Å². The molecule has 0 amide bonds. The Bertz CT molecular complexity index is 96.9. The summed E-state index contributed by atoms with van der Waals surface area (Å²) in [6.07, 6.45) is 0.953. The van der Waals surface area contributed by atoms with Gasteiger partial charge < -0.3 is 22.0 Å². The Labute approximate surface area is 54.4 Å². The lowest BCUT2D eigenvalue weighted by molar-refractivity contribution is -0.109. The Morgan fingerprint density at radius 3 is 2.22 bits per heavy atom. The van der Waals surface area contributed by atoms with Crippen LogP contribution >= 0.6 is 0 Å². The van der Waals surface area contributed by atoms with Gasteiger partial charge in [-0.25, -0.2) is 0 Å². The summed E-state index contributed by atoms with van der Waals surface area (Å²) >= 11 is 0. The van der Waals surface area contributed by atoms with Crippen LogP contribution in [0.15, 0.2) is 0 Å². The van der Waals surface area contributed by atoms with Crippen LogP contribution in [-0.4, -0.2) is 18.0 Å². The molecule has 1 atom stereocenters.